The summed E-state index contributed by atoms with van der Waals surface area (Å²) in [5.41, 5.74) is 1.08. The van der Waals surface area contributed by atoms with E-state index in [1.54, 1.807) is 0 Å². The summed E-state index contributed by atoms with van der Waals surface area (Å²) in [5.74, 6) is 1.86. The van der Waals surface area contributed by atoms with Crippen LogP contribution in [0.25, 0.3) is 10.8 Å². The van der Waals surface area contributed by atoms with Gasteiger partial charge < -0.3 is 9.88 Å². The molecule has 1 saturated carbocycles. The first-order chi connectivity index (χ1) is 11.8. The van der Waals surface area contributed by atoms with E-state index in [-0.39, 0.29) is 5.91 Å². The van der Waals surface area contributed by atoms with Crippen molar-refractivity contribution in [2.24, 2.45) is 0 Å². The van der Waals surface area contributed by atoms with Crippen LogP contribution in [0.4, 0.5) is 0 Å². The van der Waals surface area contributed by atoms with Gasteiger partial charge in [0.25, 0.3) is 0 Å². The number of hydrogen-bond acceptors (Lipinski definition) is 2. The molecule has 1 aromatic heterocycles. The molecule has 0 aliphatic heterocycles. The monoisotopic (exact) mass is 319 g/mol. The summed E-state index contributed by atoms with van der Waals surface area (Å²) in [6.07, 6.45) is 6.76. The molecule has 1 N–H and O–H groups in total. The molecular formula is C20H21N3O. The van der Waals surface area contributed by atoms with Crippen molar-refractivity contribution in [2.45, 2.75) is 31.7 Å². The van der Waals surface area contributed by atoms with Crippen LogP contribution in [0.5, 0.6) is 0 Å². The topological polar surface area (TPSA) is 46.9 Å². The zero-order chi connectivity index (χ0) is 16.4. The average Bonchev–Trinajstić information content (AvgIpc) is 3.34. The molecular weight excluding hydrogens is 298 g/mol. The number of nitrogens with one attached hydrogen (secondary N) is 1. The predicted octanol–water partition coefficient (Wildman–Crippen LogP) is 3.27. The Hall–Kier alpha value is -2.62. The molecule has 1 aliphatic rings. The van der Waals surface area contributed by atoms with E-state index in [0.29, 0.717) is 18.9 Å². The van der Waals surface area contributed by atoms with Crippen molar-refractivity contribution in [3.8, 4) is 0 Å². The standard InChI is InChI=1S/C20H21N3O/c24-19(14-17-6-3-5-15-4-1-2-7-18(15)17)21-10-12-23-13-11-22-20(23)16-8-9-16/h1-7,11,13,16H,8-10,12,14H2,(H,21,24). The zero-order valence-corrected chi connectivity index (χ0v) is 13.6. The minimum atomic E-state index is 0.0689. The summed E-state index contributed by atoms with van der Waals surface area (Å²) in [7, 11) is 0. The summed E-state index contributed by atoms with van der Waals surface area (Å²) >= 11 is 0. The van der Waals surface area contributed by atoms with E-state index in [1.165, 1.54) is 24.1 Å². The van der Waals surface area contributed by atoms with Crippen LogP contribution in [-0.4, -0.2) is 22.0 Å². The fraction of sp³-hybridized carbons (Fsp3) is 0.300. The molecule has 0 radical (unpaired) electrons. The van der Waals surface area contributed by atoms with Crippen molar-refractivity contribution in [3.05, 3.63) is 66.2 Å². The lowest BCUT2D eigenvalue weighted by atomic mass is 10.0. The van der Waals surface area contributed by atoms with Gasteiger partial charge in [-0.2, -0.15) is 0 Å². The molecule has 1 fully saturated rings. The molecule has 24 heavy (non-hydrogen) atoms. The summed E-state index contributed by atoms with van der Waals surface area (Å²) in [6.45, 7) is 1.42. The van der Waals surface area contributed by atoms with Crippen molar-refractivity contribution in [2.75, 3.05) is 6.54 Å². The lowest BCUT2D eigenvalue weighted by Crippen LogP contribution is -2.28. The highest BCUT2D eigenvalue weighted by Gasteiger charge is 2.27. The van der Waals surface area contributed by atoms with Crippen LogP contribution in [0, 0.1) is 0 Å². The van der Waals surface area contributed by atoms with Gasteiger partial charge in [-0.25, -0.2) is 4.98 Å². The number of amides is 1. The van der Waals surface area contributed by atoms with Gasteiger partial charge in [0.05, 0.1) is 6.42 Å². The number of carbonyl (C=O) groups is 1. The highest BCUT2D eigenvalue weighted by atomic mass is 16.1. The molecule has 0 bridgehead atoms. The maximum Gasteiger partial charge on any atom is 0.224 e. The molecule has 2 aromatic carbocycles. The molecule has 1 aliphatic carbocycles. The summed E-state index contributed by atoms with van der Waals surface area (Å²) in [4.78, 5) is 16.7. The van der Waals surface area contributed by atoms with Gasteiger partial charge >= 0.3 is 0 Å². The van der Waals surface area contributed by atoms with E-state index in [9.17, 15) is 4.79 Å². The molecule has 0 unspecified atom stereocenters. The van der Waals surface area contributed by atoms with Crippen molar-refractivity contribution in [1.29, 1.82) is 0 Å². The number of fused-ring (bicyclic) bond motifs is 1. The van der Waals surface area contributed by atoms with Gasteiger partial charge in [0.15, 0.2) is 0 Å². The molecule has 4 rings (SSSR count). The number of carbonyl (C=O) groups excluding carboxylic acids is 1. The van der Waals surface area contributed by atoms with Gasteiger partial charge in [-0.15, -0.1) is 0 Å². The van der Waals surface area contributed by atoms with E-state index in [0.717, 1.165) is 17.5 Å². The maximum atomic E-state index is 12.3. The van der Waals surface area contributed by atoms with Crippen LogP contribution in [0.3, 0.4) is 0 Å². The van der Waals surface area contributed by atoms with E-state index in [2.05, 4.69) is 33.1 Å². The summed E-state index contributed by atoms with van der Waals surface area (Å²) < 4.78 is 2.16. The van der Waals surface area contributed by atoms with Crippen LogP contribution in [0.1, 0.15) is 30.1 Å². The third kappa shape index (κ3) is 3.18. The Balaban J connectivity index is 1.35. The second-order valence-corrected chi connectivity index (χ2v) is 6.42. The van der Waals surface area contributed by atoms with Crippen molar-refractivity contribution < 1.29 is 4.79 Å². The fourth-order valence-corrected chi connectivity index (χ4v) is 3.21. The van der Waals surface area contributed by atoms with Crippen LogP contribution >= 0.6 is 0 Å². The third-order valence-electron chi connectivity index (χ3n) is 4.60. The van der Waals surface area contributed by atoms with Gasteiger partial charge in [0.2, 0.25) is 5.91 Å². The Bertz CT molecular complexity index is 859. The molecule has 1 amide bonds. The lowest BCUT2D eigenvalue weighted by molar-refractivity contribution is -0.120. The number of hydrogen-bond donors (Lipinski definition) is 1. The second-order valence-electron chi connectivity index (χ2n) is 6.42. The number of imidazole rings is 1. The number of nitrogens with zero attached hydrogens (tertiary/aromatic N) is 2. The molecule has 122 valence electrons. The quantitative estimate of drug-likeness (QED) is 0.758. The van der Waals surface area contributed by atoms with Gasteiger partial charge in [-0.05, 0) is 29.2 Å². The van der Waals surface area contributed by atoms with E-state index in [1.807, 2.05) is 36.7 Å². The minimum absolute atomic E-state index is 0.0689. The van der Waals surface area contributed by atoms with Crippen LogP contribution in [0.2, 0.25) is 0 Å². The number of rotatable bonds is 6. The highest BCUT2D eigenvalue weighted by molar-refractivity contribution is 5.90. The van der Waals surface area contributed by atoms with Gasteiger partial charge in [0.1, 0.15) is 5.82 Å². The van der Waals surface area contributed by atoms with Gasteiger partial charge in [-0.1, -0.05) is 42.5 Å². The largest absolute Gasteiger partial charge is 0.354 e. The Labute approximate surface area is 141 Å². The Morgan fingerprint density at radius 1 is 1.17 bits per heavy atom. The molecule has 3 aromatic rings. The second kappa shape index (κ2) is 6.48. The maximum absolute atomic E-state index is 12.3. The molecule has 0 saturated heterocycles. The number of aromatic nitrogens is 2. The normalized spacial score (nSPS) is 14.0. The first kappa shape index (κ1) is 14.9. The van der Waals surface area contributed by atoms with Crippen LogP contribution in [0.15, 0.2) is 54.9 Å². The molecule has 0 spiro atoms. The van der Waals surface area contributed by atoms with Crippen molar-refractivity contribution >= 4 is 16.7 Å². The molecule has 4 heteroatoms. The Morgan fingerprint density at radius 2 is 2.00 bits per heavy atom. The SMILES string of the molecule is O=C(Cc1cccc2ccccc12)NCCn1ccnc1C1CC1. The number of benzene rings is 2. The van der Waals surface area contributed by atoms with Crippen LogP contribution in [-0.2, 0) is 17.8 Å². The first-order valence-corrected chi connectivity index (χ1v) is 8.55. The Kier molecular flexibility index (Phi) is 4.03. The van der Waals surface area contributed by atoms with Gasteiger partial charge in [0, 0.05) is 31.4 Å². The molecule has 4 nitrogen and oxygen atoms in total. The molecule has 0 atom stereocenters. The Morgan fingerprint density at radius 3 is 2.88 bits per heavy atom. The first-order valence-electron chi connectivity index (χ1n) is 8.55. The summed E-state index contributed by atoms with van der Waals surface area (Å²) in [6, 6.07) is 14.3. The highest BCUT2D eigenvalue weighted by Crippen LogP contribution is 2.38. The average molecular weight is 319 g/mol. The van der Waals surface area contributed by atoms with Crippen LogP contribution < -0.4 is 5.32 Å². The molecule has 1 heterocycles. The third-order valence-corrected chi connectivity index (χ3v) is 4.60. The van der Waals surface area contributed by atoms with Gasteiger partial charge in [-0.3, -0.25) is 4.79 Å². The minimum Gasteiger partial charge on any atom is -0.354 e. The van der Waals surface area contributed by atoms with E-state index in [4.69, 9.17) is 0 Å². The zero-order valence-electron chi connectivity index (χ0n) is 13.6. The van der Waals surface area contributed by atoms with E-state index >= 15 is 0 Å². The smallest absolute Gasteiger partial charge is 0.224 e. The van der Waals surface area contributed by atoms with Crippen molar-refractivity contribution in [1.82, 2.24) is 14.9 Å². The lowest BCUT2D eigenvalue weighted by Gasteiger charge is -2.10. The van der Waals surface area contributed by atoms with Crippen molar-refractivity contribution in [3.63, 3.8) is 0 Å². The summed E-state index contributed by atoms with van der Waals surface area (Å²) in [5, 5.41) is 5.36. The fourth-order valence-electron chi connectivity index (χ4n) is 3.21. The predicted molar refractivity (Wildman–Crippen MR) is 94.9 cm³/mol. The van der Waals surface area contributed by atoms with E-state index < -0.39 is 0 Å².